The minimum atomic E-state index is -3.41. The summed E-state index contributed by atoms with van der Waals surface area (Å²) in [5.41, 5.74) is 0. The van der Waals surface area contributed by atoms with Crippen LogP contribution in [0.4, 0.5) is 0 Å². The van der Waals surface area contributed by atoms with Crippen LogP contribution in [0.3, 0.4) is 0 Å². The van der Waals surface area contributed by atoms with Crippen molar-refractivity contribution < 1.29 is 8.42 Å². The maximum atomic E-state index is 12.2. The fraction of sp³-hybridized carbons (Fsp3) is 0.417. The molecular weight excluding hydrogens is 362 g/mol. The molecule has 0 saturated carbocycles. The van der Waals surface area contributed by atoms with Gasteiger partial charge in [-0.3, -0.25) is 0 Å². The van der Waals surface area contributed by atoms with Crippen LogP contribution in [0.25, 0.3) is 0 Å². The van der Waals surface area contributed by atoms with Gasteiger partial charge in [0.2, 0.25) is 0 Å². The van der Waals surface area contributed by atoms with Gasteiger partial charge < -0.3 is 4.57 Å². The zero-order valence-electron chi connectivity index (χ0n) is 10.6. The fourth-order valence-electron chi connectivity index (χ4n) is 2.37. The second-order valence-electron chi connectivity index (χ2n) is 4.81. The average molecular weight is 376 g/mol. The van der Waals surface area contributed by atoms with Crippen molar-refractivity contribution >= 4 is 37.3 Å². The SMILES string of the molecule is O=S(=O)(NCC1CCc2nccn2C1)c1sccc1Br. The van der Waals surface area contributed by atoms with Gasteiger partial charge in [-0.1, -0.05) is 0 Å². The molecule has 2 aromatic heterocycles. The Morgan fingerprint density at radius 1 is 1.55 bits per heavy atom. The molecule has 0 saturated heterocycles. The fourth-order valence-corrected chi connectivity index (χ4v) is 5.86. The molecule has 3 heterocycles. The van der Waals surface area contributed by atoms with Crippen molar-refractivity contribution in [3.05, 3.63) is 34.1 Å². The highest BCUT2D eigenvalue weighted by atomic mass is 79.9. The summed E-state index contributed by atoms with van der Waals surface area (Å²) in [5.74, 6) is 1.40. The monoisotopic (exact) mass is 375 g/mol. The summed E-state index contributed by atoms with van der Waals surface area (Å²) in [6.07, 6.45) is 5.61. The Labute approximate surface area is 130 Å². The van der Waals surface area contributed by atoms with Crippen molar-refractivity contribution in [2.24, 2.45) is 5.92 Å². The number of aromatic nitrogens is 2. The molecule has 5 nitrogen and oxygen atoms in total. The Balaban J connectivity index is 1.65. The van der Waals surface area contributed by atoms with Crippen molar-refractivity contribution in [2.75, 3.05) is 6.54 Å². The van der Waals surface area contributed by atoms with Gasteiger partial charge in [0.15, 0.2) is 0 Å². The number of hydrogen-bond acceptors (Lipinski definition) is 4. The van der Waals surface area contributed by atoms with Crippen LogP contribution >= 0.6 is 27.3 Å². The van der Waals surface area contributed by atoms with Crippen LogP contribution in [0.5, 0.6) is 0 Å². The molecule has 0 aromatic carbocycles. The van der Waals surface area contributed by atoms with Gasteiger partial charge in [0.05, 0.1) is 0 Å². The van der Waals surface area contributed by atoms with Crippen molar-refractivity contribution in [2.45, 2.75) is 23.6 Å². The lowest BCUT2D eigenvalue weighted by atomic mass is 10.00. The van der Waals surface area contributed by atoms with Gasteiger partial charge in [0.25, 0.3) is 10.0 Å². The summed E-state index contributed by atoms with van der Waals surface area (Å²) in [6, 6.07) is 1.75. The maximum absolute atomic E-state index is 12.2. The number of rotatable bonds is 4. The maximum Gasteiger partial charge on any atom is 0.251 e. The summed E-state index contributed by atoms with van der Waals surface area (Å²) < 4.78 is 30.2. The Bertz CT molecular complexity index is 708. The van der Waals surface area contributed by atoms with Crippen LogP contribution in [0.2, 0.25) is 0 Å². The number of nitrogens with one attached hydrogen (secondary N) is 1. The molecule has 20 heavy (non-hydrogen) atoms. The van der Waals surface area contributed by atoms with Crippen molar-refractivity contribution in [1.29, 1.82) is 0 Å². The molecule has 0 fully saturated rings. The Morgan fingerprint density at radius 3 is 3.15 bits per heavy atom. The third-order valence-corrected chi connectivity index (χ3v) is 7.52. The van der Waals surface area contributed by atoms with Gasteiger partial charge in [-0.05, 0) is 39.7 Å². The number of sulfonamides is 1. The quantitative estimate of drug-likeness (QED) is 0.890. The first-order chi connectivity index (χ1) is 9.56. The first-order valence-electron chi connectivity index (χ1n) is 6.29. The summed E-state index contributed by atoms with van der Waals surface area (Å²) in [7, 11) is -3.41. The Kier molecular flexibility index (Phi) is 3.98. The lowest BCUT2D eigenvalue weighted by Crippen LogP contribution is -2.33. The second kappa shape index (κ2) is 5.59. The molecule has 1 aliphatic rings. The van der Waals surface area contributed by atoms with E-state index in [9.17, 15) is 8.42 Å². The molecule has 2 aromatic rings. The molecule has 0 aliphatic carbocycles. The summed E-state index contributed by atoms with van der Waals surface area (Å²) in [4.78, 5) is 4.27. The van der Waals surface area contributed by atoms with E-state index in [1.807, 2.05) is 6.20 Å². The smallest absolute Gasteiger partial charge is 0.251 e. The highest BCUT2D eigenvalue weighted by Crippen LogP contribution is 2.27. The molecule has 0 spiro atoms. The molecule has 0 radical (unpaired) electrons. The van der Waals surface area contributed by atoms with Crippen molar-refractivity contribution in [3.8, 4) is 0 Å². The highest BCUT2D eigenvalue weighted by molar-refractivity contribution is 9.10. The number of hydrogen-bond donors (Lipinski definition) is 1. The molecule has 0 bridgehead atoms. The minimum Gasteiger partial charge on any atom is -0.335 e. The predicted molar refractivity (Wildman–Crippen MR) is 81.2 cm³/mol. The highest BCUT2D eigenvalue weighted by Gasteiger charge is 2.23. The molecule has 1 unspecified atom stereocenters. The van der Waals surface area contributed by atoms with Gasteiger partial charge in [-0.2, -0.15) is 0 Å². The van der Waals surface area contributed by atoms with Crippen LogP contribution in [0, 0.1) is 5.92 Å². The van der Waals surface area contributed by atoms with Gasteiger partial charge >= 0.3 is 0 Å². The largest absolute Gasteiger partial charge is 0.335 e. The number of thiophene rings is 1. The summed E-state index contributed by atoms with van der Waals surface area (Å²) in [6.45, 7) is 1.29. The third-order valence-electron chi connectivity index (χ3n) is 3.42. The molecule has 1 atom stereocenters. The van der Waals surface area contributed by atoms with E-state index in [1.165, 1.54) is 11.3 Å². The molecule has 108 valence electrons. The van der Waals surface area contributed by atoms with Crippen molar-refractivity contribution in [3.63, 3.8) is 0 Å². The number of halogens is 1. The average Bonchev–Trinajstić information content (AvgIpc) is 3.04. The van der Waals surface area contributed by atoms with Gasteiger partial charge in [-0.15, -0.1) is 11.3 Å². The van der Waals surface area contributed by atoms with Gasteiger partial charge in [-0.25, -0.2) is 18.1 Å². The first-order valence-corrected chi connectivity index (χ1v) is 9.44. The number of aryl methyl sites for hydroxylation is 1. The molecule has 1 N–H and O–H groups in total. The van der Waals surface area contributed by atoms with E-state index in [2.05, 4.69) is 30.2 Å². The van der Waals surface area contributed by atoms with E-state index in [-0.39, 0.29) is 0 Å². The van der Waals surface area contributed by atoms with E-state index in [0.717, 1.165) is 25.2 Å². The zero-order valence-corrected chi connectivity index (χ0v) is 13.8. The Hall–Kier alpha value is -0.700. The van der Waals surface area contributed by atoms with Crippen LogP contribution in [0.15, 0.2) is 32.5 Å². The lowest BCUT2D eigenvalue weighted by molar-refractivity contribution is 0.363. The predicted octanol–water partition coefficient (Wildman–Crippen LogP) is 2.25. The lowest BCUT2D eigenvalue weighted by Gasteiger charge is -2.23. The second-order valence-corrected chi connectivity index (χ2v) is 8.54. The number of fused-ring (bicyclic) bond motifs is 1. The molecule has 3 rings (SSSR count). The number of nitrogens with zero attached hydrogens (tertiary/aromatic N) is 2. The number of imidazole rings is 1. The minimum absolute atomic E-state index is 0.310. The van der Waals surface area contributed by atoms with Crippen LogP contribution in [-0.2, 0) is 23.0 Å². The summed E-state index contributed by atoms with van der Waals surface area (Å²) >= 11 is 4.48. The zero-order chi connectivity index (χ0) is 14.2. The normalized spacial score (nSPS) is 18.9. The Morgan fingerprint density at radius 2 is 2.40 bits per heavy atom. The van der Waals surface area contributed by atoms with E-state index in [4.69, 9.17) is 0 Å². The topological polar surface area (TPSA) is 64.0 Å². The molecule has 1 aliphatic heterocycles. The summed E-state index contributed by atoms with van der Waals surface area (Å²) in [5, 5.41) is 1.76. The van der Waals surface area contributed by atoms with Crippen LogP contribution in [-0.4, -0.2) is 24.5 Å². The molecule has 8 heteroatoms. The standard InChI is InChI=1S/C12H14BrN3O2S2/c13-10-3-6-19-12(10)20(17,18)15-7-9-1-2-11-14-4-5-16(11)8-9/h3-6,9,15H,1-2,7-8H2. The van der Waals surface area contributed by atoms with E-state index >= 15 is 0 Å². The van der Waals surface area contributed by atoms with Crippen LogP contribution in [0.1, 0.15) is 12.2 Å². The van der Waals surface area contributed by atoms with Gasteiger partial charge in [0, 0.05) is 36.4 Å². The van der Waals surface area contributed by atoms with Crippen LogP contribution < -0.4 is 4.72 Å². The van der Waals surface area contributed by atoms with Crippen molar-refractivity contribution in [1.82, 2.24) is 14.3 Å². The first kappa shape index (κ1) is 14.2. The van der Waals surface area contributed by atoms with E-state index in [1.54, 1.807) is 17.6 Å². The molecule has 0 amide bonds. The van der Waals surface area contributed by atoms with E-state index < -0.39 is 10.0 Å². The molecular formula is C12H14BrN3O2S2. The third kappa shape index (κ3) is 2.83. The van der Waals surface area contributed by atoms with Gasteiger partial charge in [0.1, 0.15) is 10.0 Å². The van der Waals surface area contributed by atoms with E-state index in [0.29, 0.717) is 21.1 Å².